The molecule has 8 heteroatoms. The van der Waals surface area contributed by atoms with Gasteiger partial charge in [-0.15, -0.1) is 0 Å². The van der Waals surface area contributed by atoms with E-state index in [1.807, 2.05) is 37.3 Å². The van der Waals surface area contributed by atoms with Crippen LogP contribution in [-0.4, -0.2) is 55.1 Å². The van der Waals surface area contributed by atoms with Crippen LogP contribution in [0.1, 0.15) is 37.5 Å². The van der Waals surface area contributed by atoms with E-state index in [4.69, 9.17) is 27.4 Å². The van der Waals surface area contributed by atoms with Gasteiger partial charge in [0.05, 0.1) is 17.9 Å². The van der Waals surface area contributed by atoms with Crippen molar-refractivity contribution in [1.82, 2.24) is 5.32 Å². The summed E-state index contributed by atoms with van der Waals surface area (Å²) in [5.74, 6) is 1.74. The average molecular weight is 564 g/mol. The molecule has 4 rings (SSSR count). The first-order valence-corrected chi connectivity index (χ1v) is 16.2. The topological polar surface area (TPSA) is 92.4 Å². The third-order valence-corrected chi connectivity index (χ3v) is 7.37. The number of aliphatic imine (C=N–C) groups is 1. The Morgan fingerprint density at radius 1 is 0.974 bits per heavy atom. The Balaban J connectivity index is 0.000000631. The Hall–Kier alpha value is -3.42. The van der Waals surface area contributed by atoms with E-state index >= 15 is 0 Å². The number of amidine groups is 2. The molecule has 1 aliphatic heterocycles. The number of anilines is 1. The molecule has 0 fully saturated rings. The van der Waals surface area contributed by atoms with Gasteiger partial charge in [0.15, 0.2) is 0 Å². The van der Waals surface area contributed by atoms with Crippen LogP contribution in [0.5, 0.6) is 0 Å². The van der Waals surface area contributed by atoms with Crippen LogP contribution in [0.3, 0.4) is 0 Å². The Labute approximate surface area is 238 Å². The second-order valence-corrected chi connectivity index (χ2v) is 15.2. The first kappa shape index (κ1) is 30.1. The van der Waals surface area contributed by atoms with Gasteiger partial charge in [0.1, 0.15) is 11.7 Å². The molecule has 0 spiro atoms. The molecule has 6 nitrogen and oxygen atoms in total. The van der Waals surface area contributed by atoms with Crippen LogP contribution in [0.15, 0.2) is 71.7 Å². The highest BCUT2D eigenvalue weighted by atomic mass is 35.5. The number of fused-ring (bicyclic) bond motifs is 1. The number of carbonyl (C=O) groups excluding carboxylic acids is 1. The number of hydrogen-bond acceptors (Lipinski definition) is 4. The van der Waals surface area contributed by atoms with Crippen molar-refractivity contribution in [2.45, 2.75) is 26.5 Å². The van der Waals surface area contributed by atoms with E-state index in [0.717, 1.165) is 46.0 Å². The number of rotatable bonds is 5. The number of hydrogen-bond donors (Lipinski definition) is 3. The first-order valence-electron chi connectivity index (χ1n) is 12.8. The largest absolute Gasteiger partial charge is 0.357 e. The lowest BCUT2D eigenvalue weighted by atomic mass is 9.95. The van der Waals surface area contributed by atoms with E-state index in [9.17, 15) is 4.79 Å². The van der Waals surface area contributed by atoms with Gasteiger partial charge in [-0.05, 0) is 73.6 Å². The highest BCUT2D eigenvalue weighted by Crippen LogP contribution is 2.39. The summed E-state index contributed by atoms with van der Waals surface area (Å²) in [6.07, 6.45) is 7.00. The molecular weight excluding hydrogens is 526 g/mol. The van der Waals surface area contributed by atoms with E-state index in [1.165, 1.54) is 12.5 Å². The molecule has 0 atom stereocenters. The number of benzene rings is 3. The fourth-order valence-corrected chi connectivity index (χ4v) is 5.65. The molecule has 0 radical (unpaired) electrons. The monoisotopic (exact) mass is 563 g/mol. The van der Waals surface area contributed by atoms with Crippen LogP contribution in [0.4, 0.5) is 5.69 Å². The van der Waals surface area contributed by atoms with Crippen molar-refractivity contribution in [3.8, 4) is 11.1 Å². The highest BCUT2D eigenvalue weighted by Gasteiger charge is 2.25. The maximum absolute atomic E-state index is 9.93. The third kappa shape index (κ3) is 8.28. The van der Waals surface area contributed by atoms with Gasteiger partial charge in [0.25, 0.3) is 0 Å². The van der Waals surface area contributed by atoms with Crippen molar-refractivity contribution < 1.29 is 4.79 Å². The molecule has 1 heterocycles. The van der Waals surface area contributed by atoms with E-state index in [2.05, 4.69) is 60.5 Å². The van der Waals surface area contributed by atoms with Crippen molar-refractivity contribution in [1.29, 1.82) is 10.8 Å². The number of benzodiazepines with no additional fused rings is 1. The molecule has 0 aliphatic carbocycles. The summed E-state index contributed by atoms with van der Waals surface area (Å²) in [6.45, 7) is 6.04. The van der Waals surface area contributed by atoms with Crippen molar-refractivity contribution >= 4 is 50.6 Å². The minimum absolute atomic E-state index is 0.0394. The summed E-state index contributed by atoms with van der Waals surface area (Å²) in [7, 11) is -0.602. The molecule has 3 aromatic rings. The Morgan fingerprint density at radius 3 is 2.08 bits per heavy atom. The maximum Gasteiger partial charge on any atom is 0.216 e. The normalized spacial score (nSPS) is 13.4. The fourth-order valence-electron chi connectivity index (χ4n) is 4.34. The summed E-state index contributed by atoms with van der Waals surface area (Å²) in [6, 6.07) is 22.6. The lowest BCUT2D eigenvalue weighted by Crippen LogP contribution is -2.35. The summed E-state index contributed by atoms with van der Waals surface area (Å²) in [5, 5.41) is 20.0. The van der Waals surface area contributed by atoms with Crippen LogP contribution in [0.25, 0.3) is 11.1 Å². The maximum atomic E-state index is 9.93. The van der Waals surface area contributed by atoms with E-state index in [-0.39, 0.29) is 18.3 Å². The molecule has 0 unspecified atom stereocenters. The zero-order valence-corrected chi connectivity index (χ0v) is 25.1. The summed E-state index contributed by atoms with van der Waals surface area (Å²) in [4.78, 5) is 16.4. The van der Waals surface area contributed by atoms with Crippen molar-refractivity contribution in [3.63, 3.8) is 0 Å². The molecule has 0 saturated carbocycles. The van der Waals surface area contributed by atoms with Crippen LogP contribution in [0, 0.1) is 10.8 Å². The molecule has 0 bridgehead atoms. The molecule has 1 aliphatic rings. The van der Waals surface area contributed by atoms with Gasteiger partial charge >= 0.3 is 0 Å². The van der Waals surface area contributed by atoms with Gasteiger partial charge in [-0.2, -0.15) is 0 Å². The zero-order valence-electron chi connectivity index (χ0n) is 23.6. The number of halogens is 1. The molecule has 3 N–H and O–H groups in total. The van der Waals surface area contributed by atoms with Crippen LogP contribution >= 0.6 is 21.6 Å². The van der Waals surface area contributed by atoms with Gasteiger partial charge in [-0.1, -0.05) is 54.1 Å². The van der Waals surface area contributed by atoms with Crippen molar-refractivity contribution in [2.75, 3.05) is 36.8 Å². The Bertz CT molecular complexity index is 1380. The highest BCUT2D eigenvalue weighted by molar-refractivity contribution is 8.31. The molecule has 0 saturated heterocycles. The predicted octanol–water partition coefficient (Wildman–Crippen LogP) is 6.98. The van der Waals surface area contributed by atoms with Gasteiger partial charge in [-0.3, -0.25) is 25.5 Å². The standard InChI is InChI=1S/C27H29ClN4S.C4H9NO/c1-18(29)32-25-14-11-22(20-7-5-19(6-8-20)17-33(2,3)4)15-24(25)27(31-16-26(32)30)21-9-12-23(28)13-10-21;1-3-5-4(2)6/h5-15,29-30H,16-17H2,1-4H3;3H2,1-2H3,(H,5,6). The lowest BCUT2D eigenvalue weighted by molar-refractivity contribution is -0.118. The average Bonchev–Trinajstić information content (AvgIpc) is 3.00. The van der Waals surface area contributed by atoms with E-state index < -0.39 is 10.0 Å². The second kappa shape index (κ2) is 13.1. The fraction of sp³-hybridized carbons (Fsp3) is 0.290. The van der Waals surface area contributed by atoms with Crippen LogP contribution < -0.4 is 10.2 Å². The third-order valence-electron chi connectivity index (χ3n) is 5.92. The van der Waals surface area contributed by atoms with Crippen molar-refractivity contribution in [2.24, 2.45) is 4.99 Å². The first-order chi connectivity index (χ1) is 18.4. The Morgan fingerprint density at radius 2 is 1.56 bits per heavy atom. The molecule has 3 aromatic carbocycles. The number of nitrogens with zero attached hydrogens (tertiary/aromatic N) is 2. The molecule has 39 heavy (non-hydrogen) atoms. The predicted molar refractivity (Wildman–Crippen MR) is 171 cm³/mol. The van der Waals surface area contributed by atoms with E-state index in [0.29, 0.717) is 10.9 Å². The van der Waals surface area contributed by atoms with Crippen molar-refractivity contribution in [3.05, 3.63) is 88.4 Å². The molecule has 0 aromatic heterocycles. The second-order valence-electron chi connectivity index (χ2n) is 10.3. The number of amides is 1. The zero-order chi connectivity index (χ0) is 28.7. The molecule has 206 valence electrons. The van der Waals surface area contributed by atoms with Crippen LogP contribution in [-0.2, 0) is 10.5 Å². The molecule has 1 amide bonds. The van der Waals surface area contributed by atoms with Gasteiger partial charge in [-0.25, -0.2) is 10.0 Å². The van der Waals surface area contributed by atoms with E-state index in [1.54, 1.807) is 11.8 Å². The summed E-state index contributed by atoms with van der Waals surface area (Å²) < 4.78 is 0. The van der Waals surface area contributed by atoms with Gasteiger partial charge in [0, 0.05) is 35.4 Å². The number of nitrogens with one attached hydrogen (secondary N) is 3. The number of carbonyl (C=O) groups is 1. The minimum Gasteiger partial charge on any atom is -0.357 e. The molecular formula is C31H38ClN5OS. The lowest BCUT2D eigenvalue weighted by Gasteiger charge is -2.25. The summed E-state index contributed by atoms with van der Waals surface area (Å²) in [5.41, 5.74) is 7.05. The Kier molecular flexibility index (Phi) is 10.1. The smallest absolute Gasteiger partial charge is 0.216 e. The minimum atomic E-state index is -0.602. The van der Waals surface area contributed by atoms with Gasteiger partial charge in [0.2, 0.25) is 5.91 Å². The van der Waals surface area contributed by atoms with Gasteiger partial charge < -0.3 is 5.32 Å². The SMILES string of the molecule is CC(=N)N1C(=N)CN=C(c2ccc(Cl)cc2)c2cc(-c3ccc(CS(C)(C)C)cc3)ccc21.CCNC(C)=O. The summed E-state index contributed by atoms with van der Waals surface area (Å²) >= 11 is 6.12. The quantitative estimate of drug-likeness (QED) is 0.231. The van der Waals surface area contributed by atoms with Crippen LogP contribution in [0.2, 0.25) is 5.02 Å².